The van der Waals surface area contributed by atoms with Gasteiger partial charge < -0.3 is 5.11 Å². The molecule has 0 unspecified atom stereocenters. The summed E-state index contributed by atoms with van der Waals surface area (Å²) in [6.45, 7) is 1.84. The molecular formula is C12H18O3S. The molecule has 0 saturated carbocycles. The Bertz CT molecular complexity index is 398. The summed E-state index contributed by atoms with van der Waals surface area (Å²) in [5, 5.41) is 8.62. The number of hydrogen-bond acceptors (Lipinski definition) is 3. The summed E-state index contributed by atoms with van der Waals surface area (Å²) >= 11 is 0. The van der Waals surface area contributed by atoms with Crippen molar-refractivity contribution in [2.24, 2.45) is 0 Å². The zero-order valence-corrected chi connectivity index (χ0v) is 10.3. The Kier molecular flexibility index (Phi) is 4.96. The zero-order chi connectivity index (χ0) is 12.0. The van der Waals surface area contributed by atoms with Gasteiger partial charge in [0.1, 0.15) is 0 Å². The number of sulfone groups is 1. The average Bonchev–Trinajstić information content (AvgIpc) is 2.27. The van der Waals surface area contributed by atoms with Crippen LogP contribution in [0.25, 0.3) is 0 Å². The Morgan fingerprint density at radius 3 is 2.44 bits per heavy atom. The molecule has 0 fully saturated rings. The van der Waals surface area contributed by atoms with E-state index in [2.05, 4.69) is 0 Å². The molecule has 0 saturated heterocycles. The van der Waals surface area contributed by atoms with Crippen LogP contribution in [-0.4, -0.2) is 31.6 Å². The van der Waals surface area contributed by atoms with E-state index in [1.807, 2.05) is 37.3 Å². The van der Waals surface area contributed by atoms with Crippen LogP contribution < -0.4 is 0 Å². The van der Waals surface area contributed by atoms with Crippen molar-refractivity contribution in [1.29, 1.82) is 0 Å². The van der Waals surface area contributed by atoms with Crippen LogP contribution in [0.15, 0.2) is 30.3 Å². The van der Waals surface area contributed by atoms with Gasteiger partial charge in [0.05, 0.1) is 11.5 Å². The lowest BCUT2D eigenvalue weighted by Gasteiger charge is -2.11. The second kappa shape index (κ2) is 6.01. The van der Waals surface area contributed by atoms with Crippen LogP contribution in [0.4, 0.5) is 0 Å². The van der Waals surface area contributed by atoms with Crippen molar-refractivity contribution in [1.82, 2.24) is 0 Å². The molecule has 90 valence electrons. The van der Waals surface area contributed by atoms with Crippen molar-refractivity contribution in [2.45, 2.75) is 19.3 Å². The van der Waals surface area contributed by atoms with E-state index in [9.17, 15) is 8.42 Å². The molecule has 0 aliphatic rings. The van der Waals surface area contributed by atoms with Gasteiger partial charge in [-0.3, -0.25) is 0 Å². The molecule has 0 aliphatic heterocycles. The molecule has 1 rings (SSSR count). The predicted octanol–water partition coefficient (Wildman–Crippen LogP) is 1.59. The largest absolute Gasteiger partial charge is 0.396 e. The molecule has 0 aromatic heterocycles. The van der Waals surface area contributed by atoms with Gasteiger partial charge in [-0.2, -0.15) is 0 Å². The average molecular weight is 242 g/mol. The molecule has 16 heavy (non-hydrogen) atoms. The maximum Gasteiger partial charge on any atom is 0.150 e. The van der Waals surface area contributed by atoms with E-state index in [1.165, 1.54) is 0 Å². The Morgan fingerprint density at radius 1 is 1.25 bits per heavy atom. The molecule has 1 aromatic carbocycles. The first-order valence-electron chi connectivity index (χ1n) is 5.41. The number of benzene rings is 1. The van der Waals surface area contributed by atoms with Crippen molar-refractivity contribution in [3.63, 3.8) is 0 Å². The van der Waals surface area contributed by atoms with Crippen molar-refractivity contribution >= 4 is 9.84 Å². The lowest BCUT2D eigenvalue weighted by Crippen LogP contribution is -2.16. The second-order valence-electron chi connectivity index (χ2n) is 4.00. The lowest BCUT2D eigenvalue weighted by atomic mass is 10.0. The highest BCUT2D eigenvalue weighted by Gasteiger charge is 2.16. The van der Waals surface area contributed by atoms with E-state index in [0.29, 0.717) is 6.42 Å². The van der Waals surface area contributed by atoms with Gasteiger partial charge in [-0.05, 0) is 17.9 Å². The van der Waals surface area contributed by atoms with E-state index in [0.717, 1.165) is 5.56 Å². The maximum atomic E-state index is 11.7. The molecule has 0 bridgehead atoms. The van der Waals surface area contributed by atoms with Crippen LogP contribution in [0.2, 0.25) is 0 Å². The van der Waals surface area contributed by atoms with Crippen LogP contribution >= 0.6 is 0 Å². The number of aliphatic hydroxyl groups excluding tert-OH is 1. The van der Waals surface area contributed by atoms with Crippen molar-refractivity contribution in [3.8, 4) is 0 Å². The fourth-order valence-electron chi connectivity index (χ4n) is 1.63. The van der Waals surface area contributed by atoms with Gasteiger partial charge in [0.25, 0.3) is 0 Å². The van der Waals surface area contributed by atoms with E-state index in [4.69, 9.17) is 5.11 Å². The molecule has 0 amide bonds. The first-order valence-corrected chi connectivity index (χ1v) is 7.23. The highest BCUT2D eigenvalue weighted by atomic mass is 32.2. The third-order valence-corrected chi connectivity index (χ3v) is 4.40. The fourth-order valence-corrected chi connectivity index (χ4v) is 3.32. The van der Waals surface area contributed by atoms with Crippen LogP contribution in [0, 0.1) is 0 Å². The summed E-state index contributed by atoms with van der Waals surface area (Å²) in [6.07, 6.45) is 0.323. The summed E-state index contributed by atoms with van der Waals surface area (Å²) in [5.74, 6) is 0.224. The Labute approximate surface area is 97.0 Å². The zero-order valence-electron chi connectivity index (χ0n) is 9.46. The molecule has 1 atom stereocenters. The summed E-state index contributed by atoms with van der Waals surface area (Å²) in [6, 6.07) is 9.60. The SMILES string of the molecule is C[C@@H](CS(=O)(=O)CCCO)c1ccccc1. The van der Waals surface area contributed by atoms with Crippen LogP contribution in [0.5, 0.6) is 0 Å². The van der Waals surface area contributed by atoms with E-state index >= 15 is 0 Å². The third-order valence-electron chi connectivity index (χ3n) is 2.49. The van der Waals surface area contributed by atoms with E-state index < -0.39 is 9.84 Å². The molecule has 0 heterocycles. The smallest absolute Gasteiger partial charge is 0.150 e. The highest BCUT2D eigenvalue weighted by molar-refractivity contribution is 7.91. The molecule has 4 heteroatoms. The van der Waals surface area contributed by atoms with Gasteiger partial charge in [-0.15, -0.1) is 0 Å². The van der Waals surface area contributed by atoms with Gasteiger partial charge in [0.15, 0.2) is 9.84 Å². The Morgan fingerprint density at radius 2 is 1.88 bits per heavy atom. The summed E-state index contributed by atoms with van der Waals surface area (Å²) in [7, 11) is -3.05. The third kappa shape index (κ3) is 4.33. The van der Waals surface area contributed by atoms with Gasteiger partial charge in [-0.25, -0.2) is 8.42 Å². The molecule has 1 aromatic rings. The minimum atomic E-state index is -3.05. The van der Waals surface area contributed by atoms with Crippen LogP contribution in [0.1, 0.15) is 24.8 Å². The maximum absolute atomic E-state index is 11.7. The number of aliphatic hydroxyl groups is 1. The molecule has 3 nitrogen and oxygen atoms in total. The topological polar surface area (TPSA) is 54.4 Å². The molecule has 0 radical (unpaired) electrons. The molecule has 0 aliphatic carbocycles. The first-order chi connectivity index (χ1) is 7.55. The summed E-state index contributed by atoms with van der Waals surface area (Å²) in [4.78, 5) is 0. The van der Waals surface area contributed by atoms with Gasteiger partial charge >= 0.3 is 0 Å². The standard InChI is InChI=1S/C12H18O3S/c1-11(12-6-3-2-4-7-12)10-16(14,15)9-5-8-13/h2-4,6-7,11,13H,5,8-10H2,1H3/t11-/m0/s1. The molecular weight excluding hydrogens is 224 g/mol. The van der Waals surface area contributed by atoms with Crippen molar-refractivity contribution < 1.29 is 13.5 Å². The monoisotopic (exact) mass is 242 g/mol. The van der Waals surface area contributed by atoms with Crippen LogP contribution in [-0.2, 0) is 9.84 Å². The lowest BCUT2D eigenvalue weighted by molar-refractivity contribution is 0.295. The second-order valence-corrected chi connectivity index (χ2v) is 6.23. The number of rotatable bonds is 6. The van der Waals surface area contributed by atoms with Crippen molar-refractivity contribution in [2.75, 3.05) is 18.1 Å². The summed E-state index contributed by atoms with van der Waals surface area (Å²) in [5.41, 5.74) is 1.04. The Hall–Kier alpha value is -0.870. The number of hydrogen-bond donors (Lipinski definition) is 1. The molecule has 1 N–H and O–H groups in total. The highest BCUT2D eigenvalue weighted by Crippen LogP contribution is 2.17. The first kappa shape index (κ1) is 13.2. The van der Waals surface area contributed by atoms with Gasteiger partial charge in [0.2, 0.25) is 0 Å². The Balaban J connectivity index is 2.61. The predicted molar refractivity (Wildman–Crippen MR) is 65.2 cm³/mol. The van der Waals surface area contributed by atoms with Gasteiger partial charge in [0, 0.05) is 6.61 Å². The van der Waals surface area contributed by atoms with E-state index in [1.54, 1.807) is 0 Å². The summed E-state index contributed by atoms with van der Waals surface area (Å²) < 4.78 is 23.3. The van der Waals surface area contributed by atoms with Gasteiger partial charge in [-0.1, -0.05) is 37.3 Å². The minimum Gasteiger partial charge on any atom is -0.396 e. The minimum absolute atomic E-state index is 0.00453. The normalized spacial score (nSPS) is 13.6. The fraction of sp³-hybridized carbons (Fsp3) is 0.500. The van der Waals surface area contributed by atoms with E-state index in [-0.39, 0.29) is 24.0 Å². The van der Waals surface area contributed by atoms with Crippen molar-refractivity contribution in [3.05, 3.63) is 35.9 Å². The molecule has 0 spiro atoms. The quantitative estimate of drug-likeness (QED) is 0.824. The van der Waals surface area contributed by atoms with Crippen LogP contribution in [0.3, 0.4) is 0 Å².